The number of benzene rings is 4. The van der Waals surface area contributed by atoms with Crippen LogP contribution in [0.3, 0.4) is 0 Å². The standard InChI is InChI=1S/C24H22ClN5O2.C21H24ClN3O3.C20H27BClNO5.C16H16ClN3O.C8H8N2O2.C7H9BrN2.C5H5BrN2.CH2Cl2/c1-30(2)18-5-6-21(27-13-18)16-9-17-10-19(32-24(17)20(25)11-16)14-29-23(31)8-4-15-3-7-22(26)28-12-15;1-21(2,3)28-20(26)24-12-16-9-14-8-13(10-17(22)19(14)27-16)18-7-6-15(11-23-18)25(4)5;1-18(2,3)26-17(24)23-11-14-9-12-8-13(10-15(22)16(12)25-14)21-27-19(4,5)20(6,7)28-21;1-20(2)12-3-4-15(19-9-12)10-5-11-6-13(8-18)21-16(11)14(17)7-10;9-7-3-1-6(5-10-7)2-4-8(11)12;1-10(2)6-3-4-7(8)9-5-6;6-5-2-1-4(7)3-8-5;2-1-3/h3-13H,14H2,1-2H3,(H2,26,28)(H,29,31);6-11H,12H2,1-5H3,(H,24,26);8-10H,11H2,1-7H3,(H,23,24);3-7,9H,8,18H2,1-2H3;1-5H,(H2,9,10)(H,11,12);3-5H,1-2H3;1-3H,7H2;1H2/b8-4+;;;;4-2+;;;. The van der Waals surface area contributed by atoms with Crippen LogP contribution in [0.2, 0.25) is 20.1 Å². The van der Waals surface area contributed by atoms with Crippen molar-refractivity contribution in [1.29, 1.82) is 0 Å². The maximum Gasteiger partial charge on any atom is 0.494 e. The zero-order chi connectivity index (χ0) is 104. The molecule has 0 saturated carbocycles. The zero-order valence-electron chi connectivity index (χ0n) is 81.6. The fraction of sp³-hybridized carbons (Fsp3) is 0.265. The molecule has 12 heterocycles. The Balaban J connectivity index is 0.000000192. The summed E-state index contributed by atoms with van der Waals surface area (Å²) in [5.74, 6) is 2.11. The van der Waals surface area contributed by atoms with Gasteiger partial charge in [-0.1, -0.05) is 52.5 Å². The van der Waals surface area contributed by atoms with Crippen molar-refractivity contribution in [1.82, 2.24) is 50.8 Å². The molecule has 3 amide bonds. The van der Waals surface area contributed by atoms with Crippen LogP contribution in [0.5, 0.6) is 0 Å². The topological polar surface area (TPSA) is 421 Å². The molecule has 16 rings (SSSR count). The van der Waals surface area contributed by atoms with E-state index in [2.05, 4.69) is 82.7 Å². The molecule has 1 aliphatic heterocycles. The summed E-state index contributed by atoms with van der Waals surface area (Å²) < 4.78 is 47.4. The molecule has 0 aliphatic carbocycles. The highest BCUT2D eigenvalue weighted by atomic mass is 79.9. The zero-order valence-corrected chi connectivity index (χ0v) is 89.3. The minimum atomic E-state index is -0.980. The predicted molar refractivity (Wildman–Crippen MR) is 581 cm³/mol. The Kier molecular flexibility index (Phi) is 41.2. The number of nitrogen functional groups attached to an aromatic ring is 3. The van der Waals surface area contributed by atoms with Gasteiger partial charge < -0.3 is 100 Å². The molecule has 142 heavy (non-hydrogen) atoms. The van der Waals surface area contributed by atoms with Crippen LogP contribution in [0.15, 0.2) is 240 Å². The third-order valence-electron chi connectivity index (χ3n) is 20.4. The number of carbonyl (C=O) groups is 4. The van der Waals surface area contributed by atoms with Gasteiger partial charge in [0.15, 0.2) is 22.3 Å². The van der Waals surface area contributed by atoms with Crippen LogP contribution in [0, 0.1) is 0 Å². The third kappa shape index (κ3) is 34.9. The lowest BCUT2D eigenvalue weighted by molar-refractivity contribution is -0.131. The summed E-state index contributed by atoms with van der Waals surface area (Å²) in [6.45, 7) is 19.9. The average molecular weight is 2180 g/mol. The number of pyridine rings is 7. The Morgan fingerprint density at radius 3 is 1.07 bits per heavy atom. The molecule has 0 unspecified atom stereocenters. The van der Waals surface area contributed by atoms with Gasteiger partial charge in [-0.25, -0.2) is 34.3 Å². The van der Waals surface area contributed by atoms with E-state index in [1.54, 1.807) is 60.9 Å². The summed E-state index contributed by atoms with van der Waals surface area (Å²) in [7, 11) is 15.3. The second-order valence-corrected chi connectivity index (χ2v) is 39.4. The van der Waals surface area contributed by atoms with Crippen molar-refractivity contribution in [2.75, 3.05) is 98.5 Å². The van der Waals surface area contributed by atoms with Gasteiger partial charge in [0, 0.05) is 119 Å². The van der Waals surface area contributed by atoms with Gasteiger partial charge in [-0.3, -0.25) is 19.7 Å². The molecule has 4 aromatic carbocycles. The number of carbonyl (C=O) groups excluding carboxylic acids is 3. The van der Waals surface area contributed by atoms with Crippen molar-refractivity contribution in [2.45, 2.75) is 118 Å². The fourth-order valence-electron chi connectivity index (χ4n) is 12.6. The number of rotatable bonds is 19. The van der Waals surface area contributed by atoms with E-state index in [-0.39, 0.29) is 30.9 Å². The monoisotopic (exact) mass is 2180 g/mol. The number of carboxylic acid groups (broad SMARTS) is 1. The highest BCUT2D eigenvalue weighted by Crippen LogP contribution is 2.40. The van der Waals surface area contributed by atoms with E-state index in [4.69, 9.17) is 134 Å². The van der Waals surface area contributed by atoms with Gasteiger partial charge in [-0.05, 0) is 281 Å². The van der Waals surface area contributed by atoms with Crippen LogP contribution in [0.25, 0.3) is 89.8 Å². The number of ether oxygens (including phenoxy) is 2. The van der Waals surface area contributed by atoms with E-state index >= 15 is 0 Å². The highest BCUT2D eigenvalue weighted by molar-refractivity contribution is 9.10. The van der Waals surface area contributed by atoms with Gasteiger partial charge in [-0.2, -0.15) is 0 Å². The predicted octanol–water partition coefficient (Wildman–Crippen LogP) is 23.4. The van der Waals surface area contributed by atoms with E-state index in [1.807, 2.05) is 285 Å². The lowest BCUT2D eigenvalue weighted by Crippen LogP contribution is -2.41. The lowest BCUT2D eigenvalue weighted by atomic mass is 9.78. The van der Waals surface area contributed by atoms with Gasteiger partial charge in [0.2, 0.25) is 5.91 Å². The van der Waals surface area contributed by atoms with Gasteiger partial charge in [0.1, 0.15) is 55.1 Å². The molecule has 0 spiro atoms. The molecular formula is C102H113BBr2Cl6N18O13. The van der Waals surface area contributed by atoms with Crippen LogP contribution in [0.1, 0.15) is 103 Å². The molecule has 0 atom stereocenters. The minimum absolute atomic E-state index is 0.194. The molecule has 748 valence electrons. The number of halogens is 8. The molecule has 0 radical (unpaired) electrons. The largest absolute Gasteiger partial charge is 0.494 e. The number of aromatic nitrogens is 7. The molecule has 11 aromatic heterocycles. The summed E-state index contributed by atoms with van der Waals surface area (Å²) in [4.78, 5) is 83.1. The molecule has 15 aromatic rings. The molecule has 1 aliphatic rings. The first kappa shape index (κ1) is 113. The summed E-state index contributed by atoms with van der Waals surface area (Å²) >= 11 is 41.6. The SMILES string of the molecule is CC(C)(C)OC(=O)NCc1cc2cc(B3OC(C)(C)C(C)(C)O3)cc(Cl)c2o1.CN(C)c1ccc(-c2cc(Cl)c3oc(CN)cc3c2)nc1.CN(C)c1ccc(-c2cc(Cl)c3oc(CNC(=O)/C=C/c4ccc(N)nc4)cc3c2)nc1.CN(C)c1ccc(-c2cc(Cl)c3oc(CNC(=O)OC(C)(C)C)cc3c2)nc1.CN(C)c1ccc(Br)nc1.ClCCl.Nc1ccc(/C=C/C(=O)O)cn1.Nc1ccc(Br)nc1. The second-order valence-electron chi connectivity index (χ2n) is 35.3. The molecule has 1 saturated heterocycles. The Bertz CT molecular complexity index is 6750. The van der Waals surface area contributed by atoms with Crippen molar-refractivity contribution < 1.29 is 60.7 Å². The normalized spacial score (nSPS) is 12.3. The van der Waals surface area contributed by atoms with Gasteiger partial charge in [-0.15, -0.1) is 23.2 Å². The fourth-order valence-corrected chi connectivity index (χ4v) is 14.2. The number of amides is 3. The number of hydrogen-bond donors (Lipinski definition) is 8. The Labute approximate surface area is 871 Å². The number of nitrogens with two attached hydrogens (primary N) is 4. The number of anilines is 7. The van der Waals surface area contributed by atoms with E-state index < -0.39 is 47.7 Å². The summed E-state index contributed by atoms with van der Waals surface area (Å²) in [6, 6.07) is 48.9. The van der Waals surface area contributed by atoms with Crippen LogP contribution < -0.4 is 63.9 Å². The van der Waals surface area contributed by atoms with Crippen LogP contribution in [-0.4, -0.2) is 155 Å². The van der Waals surface area contributed by atoms with Gasteiger partial charge in [0.25, 0.3) is 0 Å². The summed E-state index contributed by atoms with van der Waals surface area (Å²) in [6.07, 6.45) is 16.6. The summed E-state index contributed by atoms with van der Waals surface area (Å²) in [5, 5.41) is 22.1. The first-order chi connectivity index (χ1) is 66.9. The summed E-state index contributed by atoms with van der Waals surface area (Å²) in [5.41, 5.74) is 34.7. The molecule has 1 fully saturated rings. The molecule has 0 bridgehead atoms. The lowest BCUT2D eigenvalue weighted by Gasteiger charge is -2.32. The number of hydrogen-bond acceptors (Lipinski definition) is 27. The van der Waals surface area contributed by atoms with Crippen LogP contribution in [0.4, 0.5) is 49.7 Å². The van der Waals surface area contributed by atoms with Crippen molar-refractivity contribution in [3.63, 3.8) is 0 Å². The van der Waals surface area contributed by atoms with Crippen molar-refractivity contribution in [3.05, 3.63) is 277 Å². The molecule has 40 heteroatoms. The van der Waals surface area contributed by atoms with Gasteiger partial charge >= 0.3 is 25.3 Å². The van der Waals surface area contributed by atoms with E-state index in [0.717, 1.165) is 110 Å². The van der Waals surface area contributed by atoms with Crippen molar-refractivity contribution in [3.8, 4) is 33.8 Å². The number of nitrogens with one attached hydrogen (secondary N) is 3. The third-order valence-corrected chi connectivity index (χ3v) is 22.5. The Morgan fingerprint density at radius 2 is 0.761 bits per heavy atom. The van der Waals surface area contributed by atoms with Crippen LogP contribution in [-0.2, 0) is 54.6 Å². The number of furan rings is 4. The number of aliphatic carboxylic acids is 1. The van der Waals surface area contributed by atoms with Crippen LogP contribution >= 0.6 is 101 Å². The Morgan fingerprint density at radius 1 is 0.430 bits per heavy atom. The first-order valence-electron chi connectivity index (χ1n) is 43.8. The van der Waals surface area contributed by atoms with Crippen molar-refractivity contribution >= 4 is 234 Å². The second kappa shape index (κ2) is 51.8. The number of carboxylic acids is 1. The smallest absolute Gasteiger partial charge is 0.478 e. The van der Waals surface area contributed by atoms with Crippen molar-refractivity contribution in [2.24, 2.45) is 5.73 Å². The maximum absolute atomic E-state index is 12.1. The maximum atomic E-state index is 12.1. The number of nitrogens with zero attached hydrogens (tertiary/aromatic N) is 11. The number of fused-ring (bicyclic) bond motifs is 4. The average Bonchev–Trinajstić information content (AvgIpc) is 1.61. The Hall–Kier alpha value is -12.7. The first-order valence-corrected chi connectivity index (χ1v) is 48.0. The molecule has 31 nitrogen and oxygen atoms in total. The van der Waals surface area contributed by atoms with E-state index in [0.29, 0.717) is 89.1 Å². The molecular weight excluding hydrogens is 2070 g/mol. The highest BCUT2D eigenvalue weighted by Gasteiger charge is 2.52. The molecule has 12 N–H and O–H groups in total. The minimum Gasteiger partial charge on any atom is -0.478 e. The number of alkyl carbamates (subject to hydrolysis) is 2. The van der Waals surface area contributed by atoms with E-state index in [9.17, 15) is 19.2 Å². The quantitative estimate of drug-likeness (QED) is 0.0161. The van der Waals surface area contributed by atoms with Gasteiger partial charge in [0.05, 0.1) is 139 Å². The number of alkyl halides is 2. The van der Waals surface area contributed by atoms with E-state index in [1.165, 1.54) is 18.3 Å².